The molecule has 1 unspecified atom stereocenters. The molecule has 0 radical (unpaired) electrons. The summed E-state index contributed by atoms with van der Waals surface area (Å²) in [7, 11) is 1.53. The van der Waals surface area contributed by atoms with Crippen LogP contribution in [-0.4, -0.2) is 19.0 Å². The van der Waals surface area contributed by atoms with Crippen molar-refractivity contribution in [2.24, 2.45) is 0 Å². The molecule has 3 aromatic carbocycles. The van der Waals surface area contributed by atoms with Crippen molar-refractivity contribution in [1.82, 2.24) is 0 Å². The normalized spacial score (nSPS) is 11.4. The van der Waals surface area contributed by atoms with Crippen LogP contribution in [0.4, 0.5) is 5.69 Å². The van der Waals surface area contributed by atoms with E-state index < -0.39 is 18.0 Å². The number of nitrogens with one attached hydrogen (secondary N) is 1. The number of carbonyl (C=O) groups excluding carboxylic acids is 2. The van der Waals surface area contributed by atoms with Crippen molar-refractivity contribution in [3.05, 3.63) is 93.1 Å². The van der Waals surface area contributed by atoms with E-state index in [1.54, 1.807) is 54.6 Å². The number of anilines is 1. The average molecular weight is 501 g/mol. The van der Waals surface area contributed by atoms with E-state index in [-0.39, 0.29) is 0 Å². The molecule has 0 heterocycles. The zero-order valence-electron chi connectivity index (χ0n) is 16.0. The molecule has 1 amide bonds. The van der Waals surface area contributed by atoms with Crippen molar-refractivity contribution in [1.29, 1.82) is 0 Å². The molecular weight excluding hydrogens is 481 g/mol. The first-order chi connectivity index (χ1) is 14.0. The van der Waals surface area contributed by atoms with Crippen molar-refractivity contribution >= 4 is 40.2 Å². The van der Waals surface area contributed by atoms with Gasteiger partial charge < -0.3 is 14.8 Å². The highest BCUT2D eigenvalue weighted by Crippen LogP contribution is 2.28. The Labute approximate surface area is 183 Å². The fourth-order valence-electron chi connectivity index (χ4n) is 2.81. The van der Waals surface area contributed by atoms with Crippen LogP contribution in [0.15, 0.2) is 72.8 Å². The zero-order chi connectivity index (χ0) is 20.8. The molecule has 0 aromatic heterocycles. The molecule has 3 aromatic rings. The summed E-state index contributed by atoms with van der Waals surface area (Å²) in [5.74, 6) is -0.498. The molecule has 0 saturated heterocycles. The Hall–Kier alpha value is -2.87. The Morgan fingerprint density at radius 3 is 2.41 bits per heavy atom. The number of carbonyl (C=O) groups is 2. The zero-order valence-corrected chi connectivity index (χ0v) is 18.2. The van der Waals surface area contributed by atoms with E-state index in [2.05, 4.69) is 27.9 Å². The molecule has 1 N–H and O–H groups in total. The van der Waals surface area contributed by atoms with E-state index in [9.17, 15) is 9.59 Å². The third kappa shape index (κ3) is 5.35. The quantitative estimate of drug-likeness (QED) is 0.375. The van der Waals surface area contributed by atoms with E-state index in [4.69, 9.17) is 9.47 Å². The number of ether oxygens (including phenoxy) is 2. The van der Waals surface area contributed by atoms with Gasteiger partial charge in [-0.1, -0.05) is 42.5 Å². The van der Waals surface area contributed by atoms with E-state index in [0.717, 1.165) is 9.13 Å². The number of benzene rings is 3. The van der Waals surface area contributed by atoms with Crippen LogP contribution in [0.3, 0.4) is 0 Å². The Kier molecular flexibility index (Phi) is 6.87. The first-order valence-corrected chi connectivity index (χ1v) is 10.0. The molecule has 0 aliphatic rings. The van der Waals surface area contributed by atoms with Gasteiger partial charge in [0.15, 0.2) is 0 Å². The molecule has 148 valence electrons. The second-order valence-corrected chi connectivity index (χ2v) is 7.65. The fourth-order valence-corrected chi connectivity index (χ4v) is 3.35. The highest BCUT2D eigenvalue weighted by molar-refractivity contribution is 14.1. The molecule has 0 fully saturated rings. The van der Waals surface area contributed by atoms with Crippen LogP contribution in [0.25, 0.3) is 0 Å². The first-order valence-electron chi connectivity index (χ1n) is 8.95. The van der Waals surface area contributed by atoms with Gasteiger partial charge in [0.1, 0.15) is 5.75 Å². The van der Waals surface area contributed by atoms with Gasteiger partial charge in [-0.2, -0.15) is 0 Å². The largest absolute Gasteiger partial charge is 0.495 e. The van der Waals surface area contributed by atoms with Gasteiger partial charge in [0.05, 0.1) is 18.4 Å². The van der Waals surface area contributed by atoms with Gasteiger partial charge in [-0.3, -0.25) is 4.79 Å². The predicted octanol–water partition coefficient (Wildman–Crippen LogP) is 5.15. The van der Waals surface area contributed by atoms with Gasteiger partial charge >= 0.3 is 5.97 Å². The number of aryl methyl sites for hydroxylation is 1. The van der Waals surface area contributed by atoms with E-state index in [1.807, 2.05) is 25.1 Å². The van der Waals surface area contributed by atoms with Crippen molar-refractivity contribution in [3.63, 3.8) is 0 Å². The molecule has 0 aliphatic heterocycles. The lowest BCUT2D eigenvalue weighted by Gasteiger charge is -2.19. The maximum absolute atomic E-state index is 13.1. The van der Waals surface area contributed by atoms with Crippen molar-refractivity contribution in [3.8, 4) is 5.75 Å². The molecule has 6 heteroatoms. The van der Waals surface area contributed by atoms with Crippen LogP contribution in [0.2, 0.25) is 0 Å². The van der Waals surface area contributed by atoms with E-state index in [0.29, 0.717) is 22.6 Å². The lowest BCUT2D eigenvalue weighted by Crippen LogP contribution is -2.26. The van der Waals surface area contributed by atoms with Gasteiger partial charge in [0.25, 0.3) is 5.91 Å². The van der Waals surface area contributed by atoms with Crippen molar-refractivity contribution < 1.29 is 19.1 Å². The molecule has 0 aliphatic carbocycles. The minimum absolute atomic E-state index is 0.388. The number of halogens is 1. The predicted molar refractivity (Wildman–Crippen MR) is 120 cm³/mol. The summed E-state index contributed by atoms with van der Waals surface area (Å²) < 4.78 is 11.9. The lowest BCUT2D eigenvalue weighted by atomic mass is 10.1. The molecule has 5 nitrogen and oxygen atoms in total. The number of hydrogen-bond donors (Lipinski definition) is 1. The summed E-state index contributed by atoms with van der Waals surface area (Å²) in [6.45, 7) is 1.92. The number of methoxy groups -OCH3 is 1. The molecule has 1 atom stereocenters. The van der Waals surface area contributed by atoms with Crippen LogP contribution >= 0.6 is 22.6 Å². The third-order valence-electron chi connectivity index (χ3n) is 4.24. The van der Waals surface area contributed by atoms with Crippen LogP contribution in [0.5, 0.6) is 5.75 Å². The average Bonchev–Trinajstić information content (AvgIpc) is 2.72. The molecule has 0 spiro atoms. The second kappa shape index (κ2) is 9.56. The summed E-state index contributed by atoms with van der Waals surface area (Å²) in [6.07, 6.45) is -1.10. The molecular formula is C23H20INO4. The van der Waals surface area contributed by atoms with Crippen molar-refractivity contribution in [2.45, 2.75) is 13.0 Å². The summed E-state index contributed by atoms with van der Waals surface area (Å²) >= 11 is 2.12. The van der Waals surface area contributed by atoms with Gasteiger partial charge in [-0.15, -0.1) is 0 Å². The number of rotatable bonds is 6. The van der Waals surface area contributed by atoms with E-state index >= 15 is 0 Å². The first kappa shape index (κ1) is 20.9. The number of esters is 1. The van der Waals surface area contributed by atoms with Gasteiger partial charge in [-0.25, -0.2) is 4.79 Å². The van der Waals surface area contributed by atoms with E-state index in [1.165, 1.54) is 7.11 Å². The summed E-state index contributed by atoms with van der Waals surface area (Å²) in [5.41, 5.74) is 2.45. The van der Waals surface area contributed by atoms with Crippen LogP contribution < -0.4 is 10.1 Å². The van der Waals surface area contributed by atoms with Crippen LogP contribution in [0.1, 0.15) is 27.6 Å². The molecule has 29 heavy (non-hydrogen) atoms. The molecule has 0 saturated carbocycles. The SMILES string of the molecule is COc1ccc(C)cc1NC(=O)C(OC(=O)c1cccc(I)c1)c1ccccc1. The lowest BCUT2D eigenvalue weighted by molar-refractivity contribution is -0.125. The Bertz CT molecular complexity index is 1020. The van der Waals surface area contributed by atoms with Gasteiger partial charge in [0, 0.05) is 9.13 Å². The fraction of sp³-hybridized carbons (Fsp3) is 0.130. The van der Waals surface area contributed by atoms with Crippen molar-refractivity contribution in [2.75, 3.05) is 12.4 Å². The third-order valence-corrected chi connectivity index (χ3v) is 4.91. The molecule has 0 bridgehead atoms. The maximum Gasteiger partial charge on any atom is 0.339 e. The minimum Gasteiger partial charge on any atom is -0.495 e. The Morgan fingerprint density at radius 1 is 0.966 bits per heavy atom. The smallest absolute Gasteiger partial charge is 0.339 e. The minimum atomic E-state index is -1.10. The monoisotopic (exact) mass is 501 g/mol. The highest BCUT2D eigenvalue weighted by Gasteiger charge is 2.26. The number of hydrogen-bond acceptors (Lipinski definition) is 4. The van der Waals surface area contributed by atoms with Crippen LogP contribution in [-0.2, 0) is 9.53 Å². The van der Waals surface area contributed by atoms with Crippen LogP contribution in [0, 0.1) is 10.5 Å². The van der Waals surface area contributed by atoms with Gasteiger partial charge in [0.2, 0.25) is 6.10 Å². The standard InChI is InChI=1S/C23H20INO4/c1-15-11-12-20(28-2)19(13-15)25-22(26)21(16-7-4-3-5-8-16)29-23(27)17-9-6-10-18(24)14-17/h3-14,21H,1-2H3,(H,25,26). The summed E-state index contributed by atoms with van der Waals surface area (Å²) in [4.78, 5) is 25.8. The molecule has 3 rings (SSSR count). The maximum atomic E-state index is 13.1. The second-order valence-electron chi connectivity index (χ2n) is 6.40. The topological polar surface area (TPSA) is 64.6 Å². The summed E-state index contributed by atoms with van der Waals surface area (Å²) in [6, 6.07) is 21.4. The highest BCUT2D eigenvalue weighted by atomic mass is 127. The number of amides is 1. The van der Waals surface area contributed by atoms with Gasteiger partial charge in [-0.05, 0) is 65.4 Å². The Morgan fingerprint density at radius 2 is 1.72 bits per heavy atom. The Balaban J connectivity index is 1.89. The summed E-state index contributed by atoms with van der Waals surface area (Å²) in [5, 5.41) is 2.83.